The number of rotatable bonds is 5. The third-order valence-electron chi connectivity index (χ3n) is 4.92. The van der Waals surface area contributed by atoms with Crippen LogP contribution in [0.3, 0.4) is 0 Å². The number of amides is 2. The number of thiocarbonyl (C=S) groups is 1. The van der Waals surface area contributed by atoms with Gasteiger partial charge in [0.05, 0.1) is 22.3 Å². The van der Waals surface area contributed by atoms with Crippen LogP contribution in [0.2, 0.25) is 0 Å². The van der Waals surface area contributed by atoms with E-state index in [1.54, 1.807) is 30.3 Å². The molecule has 0 bridgehead atoms. The fraction of sp³-hybridized carbons (Fsp3) is 0.318. The molecule has 0 aromatic heterocycles. The largest absolute Gasteiger partial charge is 0.493 e. The van der Waals surface area contributed by atoms with E-state index < -0.39 is 0 Å². The molecule has 2 N–H and O–H groups in total. The molecule has 0 saturated carbocycles. The second-order valence-electron chi connectivity index (χ2n) is 7.13. The monoisotopic (exact) mass is 504 g/mol. The highest BCUT2D eigenvalue weighted by molar-refractivity contribution is 9.10. The lowest BCUT2D eigenvalue weighted by Crippen LogP contribution is -2.47. The molecule has 0 spiro atoms. The van der Waals surface area contributed by atoms with Gasteiger partial charge >= 0.3 is 0 Å². The van der Waals surface area contributed by atoms with Gasteiger partial charge in [-0.15, -0.1) is 0 Å². The Balaban J connectivity index is 1.66. The van der Waals surface area contributed by atoms with Crippen molar-refractivity contribution in [2.75, 3.05) is 45.2 Å². The summed E-state index contributed by atoms with van der Waals surface area (Å²) in [5.74, 6) is 0.251. The molecule has 31 heavy (non-hydrogen) atoms. The Bertz CT molecular complexity index is 977. The van der Waals surface area contributed by atoms with E-state index in [1.807, 2.05) is 31.0 Å². The quantitative estimate of drug-likeness (QED) is 0.608. The number of hydrogen-bond donors (Lipinski definition) is 2. The summed E-state index contributed by atoms with van der Waals surface area (Å²) >= 11 is 8.72. The van der Waals surface area contributed by atoms with Gasteiger partial charge in [0.1, 0.15) is 5.75 Å². The number of nitrogens with one attached hydrogen (secondary N) is 2. The molecule has 9 heteroatoms. The molecule has 2 aromatic carbocycles. The average Bonchev–Trinajstić information content (AvgIpc) is 2.75. The maximum absolute atomic E-state index is 13.0. The van der Waals surface area contributed by atoms with Gasteiger partial charge in [-0.05, 0) is 72.5 Å². The highest BCUT2D eigenvalue weighted by Gasteiger charge is 2.22. The first kappa shape index (κ1) is 23.2. The van der Waals surface area contributed by atoms with E-state index in [-0.39, 0.29) is 16.9 Å². The number of piperazine rings is 1. The van der Waals surface area contributed by atoms with Crippen molar-refractivity contribution in [1.29, 1.82) is 0 Å². The predicted molar refractivity (Wildman–Crippen MR) is 129 cm³/mol. The van der Waals surface area contributed by atoms with Crippen molar-refractivity contribution >= 4 is 50.8 Å². The van der Waals surface area contributed by atoms with Crippen molar-refractivity contribution in [3.63, 3.8) is 0 Å². The molecule has 1 saturated heterocycles. The lowest BCUT2D eigenvalue weighted by molar-refractivity contribution is 0.0665. The third-order valence-corrected chi connectivity index (χ3v) is 5.74. The van der Waals surface area contributed by atoms with Gasteiger partial charge in [0, 0.05) is 31.7 Å². The van der Waals surface area contributed by atoms with Crippen LogP contribution in [0.4, 0.5) is 5.69 Å². The maximum atomic E-state index is 13.0. The molecular weight excluding hydrogens is 480 g/mol. The summed E-state index contributed by atoms with van der Waals surface area (Å²) in [5.41, 5.74) is 1.51. The normalized spacial score (nSPS) is 14.1. The number of ether oxygens (including phenoxy) is 1. The second-order valence-corrected chi connectivity index (χ2v) is 8.39. The molecule has 0 atom stereocenters. The van der Waals surface area contributed by atoms with Crippen molar-refractivity contribution in [3.05, 3.63) is 58.1 Å². The van der Waals surface area contributed by atoms with Crippen LogP contribution in [0.25, 0.3) is 0 Å². The van der Waals surface area contributed by atoms with E-state index in [9.17, 15) is 9.59 Å². The van der Waals surface area contributed by atoms with Gasteiger partial charge in [0.2, 0.25) is 0 Å². The standard InChI is InChI=1S/C22H25BrN4O3S/c1-3-30-19-9-8-15(14-17(19)23)20(28)25-22(31)24-18-7-5-4-6-16(18)21(29)27-12-10-26(2)11-13-27/h4-9,14H,3,10-13H2,1-2H3,(H2,24,25,28,31). The molecule has 164 valence electrons. The van der Waals surface area contributed by atoms with Crippen LogP contribution in [0.15, 0.2) is 46.9 Å². The minimum atomic E-state index is -0.357. The van der Waals surface area contributed by atoms with Crippen molar-refractivity contribution in [3.8, 4) is 5.75 Å². The first-order valence-electron chi connectivity index (χ1n) is 10.0. The van der Waals surface area contributed by atoms with Crippen LogP contribution in [0, 0.1) is 0 Å². The number of nitrogens with zero attached hydrogens (tertiary/aromatic N) is 2. The molecule has 1 aliphatic rings. The first-order chi connectivity index (χ1) is 14.9. The lowest BCUT2D eigenvalue weighted by atomic mass is 10.1. The molecule has 0 aliphatic carbocycles. The van der Waals surface area contributed by atoms with Gasteiger partial charge < -0.3 is 19.9 Å². The SMILES string of the molecule is CCOc1ccc(C(=O)NC(=S)Nc2ccccc2C(=O)N2CCN(C)CC2)cc1Br. The van der Waals surface area contributed by atoms with Crippen LogP contribution in [-0.4, -0.2) is 66.6 Å². The molecule has 1 aliphatic heterocycles. The molecule has 1 fully saturated rings. The van der Waals surface area contributed by atoms with Crippen LogP contribution in [0.5, 0.6) is 5.75 Å². The fourth-order valence-electron chi connectivity index (χ4n) is 3.20. The van der Waals surface area contributed by atoms with Crippen LogP contribution in [-0.2, 0) is 0 Å². The van der Waals surface area contributed by atoms with Crippen molar-refractivity contribution in [2.45, 2.75) is 6.92 Å². The Labute approximate surface area is 195 Å². The number of halogens is 1. The second kappa shape index (κ2) is 10.7. The number of hydrogen-bond acceptors (Lipinski definition) is 5. The first-order valence-corrected chi connectivity index (χ1v) is 11.2. The summed E-state index contributed by atoms with van der Waals surface area (Å²) in [7, 11) is 2.04. The Hall–Kier alpha value is -2.49. The molecule has 3 rings (SSSR count). The average molecular weight is 505 g/mol. The maximum Gasteiger partial charge on any atom is 0.257 e. The number of carbonyl (C=O) groups excluding carboxylic acids is 2. The molecular formula is C22H25BrN4O3S. The van der Waals surface area contributed by atoms with E-state index in [4.69, 9.17) is 17.0 Å². The third kappa shape index (κ3) is 6.03. The van der Waals surface area contributed by atoms with E-state index in [1.165, 1.54) is 0 Å². The van der Waals surface area contributed by atoms with Gasteiger partial charge in [0.15, 0.2) is 5.11 Å². The molecule has 1 heterocycles. The molecule has 0 radical (unpaired) electrons. The zero-order valence-corrected chi connectivity index (χ0v) is 19.9. The van der Waals surface area contributed by atoms with Gasteiger partial charge in [-0.1, -0.05) is 12.1 Å². The van der Waals surface area contributed by atoms with Gasteiger partial charge in [-0.25, -0.2) is 0 Å². The predicted octanol–water partition coefficient (Wildman–Crippen LogP) is 3.36. The number of benzene rings is 2. The zero-order valence-electron chi connectivity index (χ0n) is 17.5. The van der Waals surface area contributed by atoms with Crippen LogP contribution in [0.1, 0.15) is 27.6 Å². The smallest absolute Gasteiger partial charge is 0.257 e. The number of para-hydroxylation sites is 1. The molecule has 7 nitrogen and oxygen atoms in total. The van der Waals surface area contributed by atoms with Gasteiger partial charge in [0.25, 0.3) is 11.8 Å². The fourth-order valence-corrected chi connectivity index (χ4v) is 3.90. The van der Waals surface area contributed by atoms with Crippen molar-refractivity contribution in [2.24, 2.45) is 0 Å². The van der Waals surface area contributed by atoms with Gasteiger partial charge in [-0.2, -0.15) is 0 Å². The summed E-state index contributed by atoms with van der Waals surface area (Å²) in [6, 6.07) is 12.2. The number of anilines is 1. The van der Waals surface area contributed by atoms with E-state index in [0.717, 1.165) is 13.1 Å². The topological polar surface area (TPSA) is 73.9 Å². The van der Waals surface area contributed by atoms with Gasteiger partial charge in [-0.3, -0.25) is 14.9 Å². The van der Waals surface area contributed by atoms with E-state index in [2.05, 4.69) is 31.5 Å². The number of carbonyl (C=O) groups is 2. The minimum Gasteiger partial charge on any atom is -0.493 e. The van der Waals surface area contributed by atoms with Crippen LogP contribution < -0.4 is 15.4 Å². The summed E-state index contributed by atoms with van der Waals surface area (Å²) in [6.45, 7) is 5.46. The summed E-state index contributed by atoms with van der Waals surface area (Å²) < 4.78 is 6.15. The van der Waals surface area contributed by atoms with E-state index >= 15 is 0 Å². The highest BCUT2D eigenvalue weighted by atomic mass is 79.9. The Kier molecular flexibility index (Phi) is 8.00. The highest BCUT2D eigenvalue weighted by Crippen LogP contribution is 2.26. The Morgan fingerprint density at radius 1 is 1.13 bits per heavy atom. The Morgan fingerprint density at radius 3 is 2.52 bits per heavy atom. The Morgan fingerprint density at radius 2 is 1.84 bits per heavy atom. The summed E-state index contributed by atoms with van der Waals surface area (Å²) in [4.78, 5) is 29.6. The van der Waals surface area contributed by atoms with Crippen LogP contribution >= 0.6 is 28.1 Å². The van der Waals surface area contributed by atoms with Crippen molar-refractivity contribution < 1.29 is 14.3 Å². The zero-order chi connectivity index (χ0) is 22.4. The minimum absolute atomic E-state index is 0.0548. The number of likely N-dealkylation sites (N-methyl/N-ethyl adjacent to an activating group) is 1. The summed E-state index contributed by atoms with van der Waals surface area (Å²) in [5, 5.41) is 5.77. The lowest BCUT2D eigenvalue weighted by Gasteiger charge is -2.32. The summed E-state index contributed by atoms with van der Waals surface area (Å²) in [6.07, 6.45) is 0. The van der Waals surface area contributed by atoms with Crippen molar-refractivity contribution in [1.82, 2.24) is 15.1 Å². The molecule has 0 unspecified atom stereocenters. The molecule has 2 amide bonds. The van der Waals surface area contributed by atoms with E-state index in [0.29, 0.717) is 46.7 Å². The molecule has 2 aromatic rings.